The molecule has 0 bridgehead atoms. The minimum Gasteiger partial charge on any atom is -0.392 e. The molecular weight excluding hydrogens is 288 g/mol. The zero-order valence-electron chi connectivity index (χ0n) is 11.1. The van der Waals surface area contributed by atoms with Crippen molar-refractivity contribution in [1.29, 1.82) is 0 Å². The van der Waals surface area contributed by atoms with Crippen molar-refractivity contribution >= 4 is 34.5 Å². The highest BCUT2D eigenvalue weighted by atomic mass is 35.5. The molecule has 1 heterocycles. The van der Waals surface area contributed by atoms with Crippen LogP contribution in [0.2, 0.25) is 5.02 Å². The predicted molar refractivity (Wildman–Crippen MR) is 84.0 cm³/mol. The fraction of sp³-hybridized carbons (Fsp3) is 0.0625. The maximum atomic E-state index is 12.0. The van der Waals surface area contributed by atoms with Gasteiger partial charge in [-0.05, 0) is 35.9 Å². The molecule has 1 aliphatic rings. The van der Waals surface area contributed by atoms with Crippen LogP contribution in [-0.2, 0) is 11.4 Å². The van der Waals surface area contributed by atoms with Crippen molar-refractivity contribution in [2.24, 2.45) is 0 Å². The highest BCUT2D eigenvalue weighted by Crippen LogP contribution is 2.33. The van der Waals surface area contributed by atoms with Crippen molar-refractivity contribution in [2.75, 3.05) is 10.6 Å². The number of fused-ring (bicyclic) bond motifs is 1. The van der Waals surface area contributed by atoms with Gasteiger partial charge in [0.1, 0.15) is 0 Å². The van der Waals surface area contributed by atoms with Crippen LogP contribution in [0.25, 0.3) is 5.57 Å². The van der Waals surface area contributed by atoms with Gasteiger partial charge in [0.15, 0.2) is 0 Å². The van der Waals surface area contributed by atoms with Gasteiger partial charge >= 0.3 is 0 Å². The minimum absolute atomic E-state index is 0.00957. The van der Waals surface area contributed by atoms with Gasteiger partial charge in [-0.3, -0.25) is 4.79 Å². The number of anilines is 2. The first-order valence-corrected chi connectivity index (χ1v) is 6.83. The quantitative estimate of drug-likeness (QED) is 0.763. The molecule has 0 unspecified atom stereocenters. The normalized spacial score (nSPS) is 15.0. The maximum Gasteiger partial charge on any atom is 0.257 e. The number of carbonyl (C=O) groups is 1. The number of nitrogens with one attached hydrogen (secondary N) is 2. The topological polar surface area (TPSA) is 61.4 Å². The van der Waals surface area contributed by atoms with Crippen molar-refractivity contribution in [3.05, 3.63) is 64.8 Å². The summed E-state index contributed by atoms with van der Waals surface area (Å²) in [6.45, 7) is 0.00957. The molecule has 21 heavy (non-hydrogen) atoms. The van der Waals surface area contributed by atoms with E-state index in [9.17, 15) is 4.79 Å². The third kappa shape index (κ3) is 2.77. The number of carbonyl (C=O) groups excluding carboxylic acids is 1. The van der Waals surface area contributed by atoms with Crippen LogP contribution < -0.4 is 10.6 Å². The van der Waals surface area contributed by atoms with Crippen molar-refractivity contribution < 1.29 is 9.90 Å². The second-order valence-electron chi connectivity index (χ2n) is 4.70. The lowest BCUT2D eigenvalue weighted by atomic mass is 10.1. The Morgan fingerprint density at radius 2 is 1.95 bits per heavy atom. The number of amides is 1. The third-order valence-electron chi connectivity index (χ3n) is 3.28. The number of hydrogen-bond donors (Lipinski definition) is 3. The molecule has 3 rings (SSSR count). The molecule has 1 amide bonds. The zero-order valence-corrected chi connectivity index (χ0v) is 11.8. The third-order valence-corrected chi connectivity index (χ3v) is 3.52. The monoisotopic (exact) mass is 300 g/mol. The average molecular weight is 301 g/mol. The Labute approximate surface area is 127 Å². The van der Waals surface area contributed by atoms with Crippen LogP contribution in [0.15, 0.2) is 48.7 Å². The Hall–Kier alpha value is -2.30. The smallest absolute Gasteiger partial charge is 0.257 e. The van der Waals surface area contributed by atoms with Gasteiger partial charge < -0.3 is 15.7 Å². The second kappa shape index (κ2) is 5.60. The summed E-state index contributed by atoms with van der Waals surface area (Å²) < 4.78 is 0. The number of halogens is 1. The number of hydrogen-bond acceptors (Lipinski definition) is 3. The molecule has 2 aromatic rings. The molecular formula is C16H13ClN2O2. The van der Waals surface area contributed by atoms with E-state index in [1.54, 1.807) is 24.4 Å². The molecule has 0 saturated heterocycles. The predicted octanol–water partition coefficient (Wildman–Crippen LogP) is 3.24. The average Bonchev–Trinajstić information content (AvgIpc) is 2.80. The van der Waals surface area contributed by atoms with Crippen LogP contribution >= 0.6 is 11.6 Å². The molecule has 0 saturated carbocycles. The molecule has 0 spiro atoms. The zero-order chi connectivity index (χ0) is 14.8. The first-order chi connectivity index (χ1) is 10.2. The van der Waals surface area contributed by atoms with Crippen LogP contribution in [0.5, 0.6) is 0 Å². The van der Waals surface area contributed by atoms with Gasteiger partial charge in [0.25, 0.3) is 5.91 Å². The van der Waals surface area contributed by atoms with E-state index in [1.807, 2.05) is 24.3 Å². The fourth-order valence-electron chi connectivity index (χ4n) is 2.17. The molecule has 0 radical (unpaired) electrons. The van der Waals surface area contributed by atoms with Crippen molar-refractivity contribution in [1.82, 2.24) is 0 Å². The second-order valence-corrected chi connectivity index (χ2v) is 5.14. The minimum atomic E-state index is -0.160. The first-order valence-electron chi connectivity index (χ1n) is 6.45. The number of rotatable bonds is 3. The van der Waals surface area contributed by atoms with Crippen LogP contribution in [0.4, 0.5) is 11.4 Å². The molecule has 4 nitrogen and oxygen atoms in total. The standard InChI is InChI=1S/C16H13ClN2O2/c17-11-3-6-15-13(7-11)14(16(21)19-15)8-18-12-4-1-10(9-20)2-5-12/h1-8,18,20H,9H2,(H,19,21)/b14-8+. The Balaban J connectivity index is 1.86. The van der Waals surface area contributed by atoms with E-state index in [1.165, 1.54) is 0 Å². The summed E-state index contributed by atoms with van der Waals surface area (Å²) in [6, 6.07) is 12.6. The Morgan fingerprint density at radius 3 is 2.67 bits per heavy atom. The van der Waals surface area contributed by atoms with Crippen LogP contribution in [0, 0.1) is 0 Å². The summed E-state index contributed by atoms with van der Waals surface area (Å²) in [5, 5.41) is 15.5. The van der Waals surface area contributed by atoms with E-state index < -0.39 is 0 Å². The molecule has 5 heteroatoms. The number of benzene rings is 2. The number of aliphatic hydroxyl groups excluding tert-OH is 1. The fourth-order valence-corrected chi connectivity index (χ4v) is 2.34. The summed E-state index contributed by atoms with van der Waals surface area (Å²) in [5.41, 5.74) is 3.76. The van der Waals surface area contributed by atoms with Crippen LogP contribution in [0.1, 0.15) is 11.1 Å². The van der Waals surface area contributed by atoms with E-state index in [4.69, 9.17) is 16.7 Å². The lowest BCUT2D eigenvalue weighted by Crippen LogP contribution is -2.05. The molecule has 0 aliphatic carbocycles. The highest BCUT2D eigenvalue weighted by Gasteiger charge is 2.24. The summed E-state index contributed by atoms with van der Waals surface area (Å²) in [6.07, 6.45) is 1.66. The summed E-state index contributed by atoms with van der Waals surface area (Å²) in [4.78, 5) is 12.0. The lowest BCUT2D eigenvalue weighted by Gasteiger charge is -2.04. The molecule has 1 aliphatic heterocycles. The summed E-state index contributed by atoms with van der Waals surface area (Å²) >= 11 is 5.98. The Morgan fingerprint density at radius 1 is 1.19 bits per heavy atom. The first kappa shape index (κ1) is 13.7. The summed E-state index contributed by atoms with van der Waals surface area (Å²) in [7, 11) is 0. The van der Waals surface area contributed by atoms with Gasteiger partial charge in [-0.2, -0.15) is 0 Å². The van der Waals surface area contributed by atoms with E-state index >= 15 is 0 Å². The van der Waals surface area contributed by atoms with Gasteiger partial charge in [0, 0.05) is 28.2 Å². The number of aliphatic hydroxyl groups is 1. The molecule has 0 atom stereocenters. The maximum absolute atomic E-state index is 12.0. The lowest BCUT2D eigenvalue weighted by molar-refractivity contribution is -0.110. The molecule has 0 fully saturated rings. The molecule has 3 N–H and O–H groups in total. The molecule has 0 aromatic heterocycles. The van der Waals surface area contributed by atoms with Gasteiger partial charge in [-0.15, -0.1) is 0 Å². The van der Waals surface area contributed by atoms with Gasteiger partial charge in [-0.25, -0.2) is 0 Å². The van der Waals surface area contributed by atoms with Crippen LogP contribution in [-0.4, -0.2) is 11.0 Å². The van der Waals surface area contributed by atoms with E-state index in [-0.39, 0.29) is 12.5 Å². The Kier molecular flexibility index (Phi) is 3.64. The SMILES string of the molecule is O=C1Nc2ccc(Cl)cc2/C1=C\Nc1ccc(CO)cc1. The van der Waals surface area contributed by atoms with Gasteiger partial charge in [-0.1, -0.05) is 23.7 Å². The van der Waals surface area contributed by atoms with Crippen LogP contribution in [0.3, 0.4) is 0 Å². The van der Waals surface area contributed by atoms with Crippen molar-refractivity contribution in [2.45, 2.75) is 6.61 Å². The highest BCUT2D eigenvalue weighted by molar-refractivity contribution is 6.34. The largest absolute Gasteiger partial charge is 0.392 e. The van der Waals surface area contributed by atoms with Crippen molar-refractivity contribution in [3.8, 4) is 0 Å². The van der Waals surface area contributed by atoms with E-state index in [2.05, 4.69) is 10.6 Å². The van der Waals surface area contributed by atoms with E-state index in [0.717, 1.165) is 22.5 Å². The van der Waals surface area contributed by atoms with Crippen molar-refractivity contribution in [3.63, 3.8) is 0 Å². The van der Waals surface area contributed by atoms with E-state index in [0.29, 0.717) is 10.6 Å². The Bertz CT molecular complexity index is 724. The molecule has 2 aromatic carbocycles. The molecule has 106 valence electrons. The van der Waals surface area contributed by atoms with Gasteiger partial charge in [0.2, 0.25) is 0 Å². The van der Waals surface area contributed by atoms with Gasteiger partial charge in [0.05, 0.1) is 12.2 Å². The summed E-state index contributed by atoms with van der Waals surface area (Å²) in [5.74, 6) is -0.160.